The van der Waals surface area contributed by atoms with Gasteiger partial charge < -0.3 is 5.73 Å². The largest absolute Gasteiger partial charge is 0.398 e. The second kappa shape index (κ2) is 4.26. The van der Waals surface area contributed by atoms with Crippen LogP contribution in [0.4, 0.5) is 14.5 Å². The molecule has 0 saturated heterocycles. The molecule has 1 heterocycles. The van der Waals surface area contributed by atoms with E-state index in [0.29, 0.717) is 17.7 Å². The summed E-state index contributed by atoms with van der Waals surface area (Å²) in [5.74, 6) is -0.767. The molecule has 4 heteroatoms. The maximum Gasteiger partial charge on any atom is 0.141 e. The van der Waals surface area contributed by atoms with Crippen LogP contribution >= 0.6 is 0 Å². The van der Waals surface area contributed by atoms with Crippen LogP contribution in [0.1, 0.15) is 11.1 Å². The number of anilines is 1. The van der Waals surface area contributed by atoms with Crippen LogP contribution in [0.25, 0.3) is 0 Å². The van der Waals surface area contributed by atoms with Gasteiger partial charge in [-0.05, 0) is 29.3 Å². The molecule has 0 bridgehead atoms. The maximum absolute atomic E-state index is 12.9. The van der Waals surface area contributed by atoms with Gasteiger partial charge in [0.25, 0.3) is 0 Å². The van der Waals surface area contributed by atoms with Gasteiger partial charge in [0.2, 0.25) is 0 Å². The number of hydrogen-bond acceptors (Lipinski definition) is 2. The van der Waals surface area contributed by atoms with E-state index in [-0.39, 0.29) is 5.82 Å². The van der Waals surface area contributed by atoms with E-state index >= 15 is 0 Å². The topological polar surface area (TPSA) is 38.9 Å². The summed E-state index contributed by atoms with van der Waals surface area (Å²) < 4.78 is 25.7. The molecule has 2 aromatic rings. The van der Waals surface area contributed by atoms with Crippen LogP contribution in [0.3, 0.4) is 0 Å². The van der Waals surface area contributed by atoms with Gasteiger partial charge in [-0.2, -0.15) is 0 Å². The average molecular weight is 220 g/mol. The molecule has 0 radical (unpaired) electrons. The standard InChI is InChI=1S/C12H10F2N2/c13-10-2-1-9(12(15)5-10)3-8-4-11(14)7-16-6-8/h1-2,4-7H,3,15H2. The van der Waals surface area contributed by atoms with Crippen LogP contribution < -0.4 is 5.73 Å². The maximum atomic E-state index is 12.9. The smallest absolute Gasteiger partial charge is 0.141 e. The van der Waals surface area contributed by atoms with Crippen LogP contribution in [-0.4, -0.2) is 4.98 Å². The minimum atomic E-state index is -0.391. The Kier molecular flexibility index (Phi) is 2.81. The highest BCUT2D eigenvalue weighted by Gasteiger charge is 2.03. The molecule has 0 aliphatic carbocycles. The van der Waals surface area contributed by atoms with E-state index in [1.807, 2.05) is 0 Å². The lowest BCUT2D eigenvalue weighted by atomic mass is 10.0. The second-order valence-electron chi connectivity index (χ2n) is 3.53. The summed E-state index contributed by atoms with van der Waals surface area (Å²) in [5.41, 5.74) is 7.48. The van der Waals surface area contributed by atoms with Crippen molar-refractivity contribution in [3.63, 3.8) is 0 Å². The number of nitrogen functional groups attached to an aromatic ring is 1. The summed E-state index contributed by atoms with van der Waals surface area (Å²) >= 11 is 0. The zero-order chi connectivity index (χ0) is 11.5. The minimum absolute atomic E-state index is 0.365. The van der Waals surface area contributed by atoms with Crippen molar-refractivity contribution in [2.24, 2.45) is 0 Å². The third kappa shape index (κ3) is 2.34. The SMILES string of the molecule is Nc1cc(F)ccc1Cc1cncc(F)c1. The molecular formula is C12H10F2N2. The summed E-state index contributed by atoms with van der Waals surface area (Å²) in [5, 5.41) is 0. The Bertz CT molecular complexity index is 512. The molecule has 82 valence electrons. The lowest BCUT2D eigenvalue weighted by Gasteiger charge is -2.05. The number of hydrogen-bond donors (Lipinski definition) is 1. The van der Waals surface area contributed by atoms with Gasteiger partial charge in [-0.1, -0.05) is 6.07 Å². The van der Waals surface area contributed by atoms with Crippen molar-refractivity contribution in [3.05, 3.63) is 59.4 Å². The van der Waals surface area contributed by atoms with Crippen molar-refractivity contribution in [1.82, 2.24) is 4.98 Å². The third-order valence-electron chi connectivity index (χ3n) is 2.26. The molecule has 2 nitrogen and oxygen atoms in total. The van der Waals surface area contributed by atoms with E-state index in [1.54, 1.807) is 12.3 Å². The Morgan fingerprint density at radius 3 is 2.56 bits per heavy atom. The molecular weight excluding hydrogens is 210 g/mol. The van der Waals surface area contributed by atoms with E-state index in [2.05, 4.69) is 4.98 Å². The zero-order valence-corrected chi connectivity index (χ0v) is 8.45. The molecule has 0 unspecified atom stereocenters. The van der Waals surface area contributed by atoms with Crippen molar-refractivity contribution in [1.29, 1.82) is 0 Å². The van der Waals surface area contributed by atoms with Crippen molar-refractivity contribution in [3.8, 4) is 0 Å². The Hall–Kier alpha value is -1.97. The van der Waals surface area contributed by atoms with Gasteiger partial charge in [-0.15, -0.1) is 0 Å². The van der Waals surface area contributed by atoms with Gasteiger partial charge >= 0.3 is 0 Å². The summed E-state index contributed by atoms with van der Waals surface area (Å²) in [6.45, 7) is 0. The van der Waals surface area contributed by atoms with Gasteiger partial charge in [0.1, 0.15) is 11.6 Å². The molecule has 0 atom stereocenters. The molecule has 0 aliphatic rings. The zero-order valence-electron chi connectivity index (χ0n) is 8.45. The van der Waals surface area contributed by atoms with Gasteiger partial charge in [-0.25, -0.2) is 8.78 Å². The van der Waals surface area contributed by atoms with Crippen molar-refractivity contribution >= 4 is 5.69 Å². The highest BCUT2D eigenvalue weighted by atomic mass is 19.1. The molecule has 2 rings (SSSR count). The van der Waals surface area contributed by atoms with Crippen LogP contribution in [0.2, 0.25) is 0 Å². The number of aromatic nitrogens is 1. The monoisotopic (exact) mass is 220 g/mol. The van der Waals surface area contributed by atoms with Crippen molar-refractivity contribution in [2.75, 3.05) is 5.73 Å². The fraction of sp³-hybridized carbons (Fsp3) is 0.0833. The Morgan fingerprint density at radius 1 is 1.06 bits per heavy atom. The van der Waals surface area contributed by atoms with E-state index in [9.17, 15) is 8.78 Å². The molecule has 0 fully saturated rings. The fourth-order valence-corrected chi connectivity index (χ4v) is 1.50. The summed E-state index contributed by atoms with van der Waals surface area (Å²) in [4.78, 5) is 3.74. The normalized spacial score (nSPS) is 10.4. The van der Waals surface area contributed by atoms with Crippen LogP contribution in [0, 0.1) is 11.6 Å². The molecule has 2 N–H and O–H groups in total. The van der Waals surface area contributed by atoms with Crippen LogP contribution in [-0.2, 0) is 6.42 Å². The summed E-state index contributed by atoms with van der Waals surface area (Å²) in [7, 11) is 0. The molecule has 0 amide bonds. The Labute approximate surface area is 91.7 Å². The second-order valence-corrected chi connectivity index (χ2v) is 3.53. The van der Waals surface area contributed by atoms with E-state index in [0.717, 1.165) is 11.8 Å². The predicted molar refractivity (Wildman–Crippen MR) is 57.8 cm³/mol. The first-order valence-electron chi connectivity index (χ1n) is 4.78. The fourth-order valence-electron chi connectivity index (χ4n) is 1.50. The van der Waals surface area contributed by atoms with Crippen molar-refractivity contribution < 1.29 is 8.78 Å². The van der Waals surface area contributed by atoms with Crippen molar-refractivity contribution in [2.45, 2.75) is 6.42 Å². The first-order chi connectivity index (χ1) is 7.65. The predicted octanol–water partition coefficient (Wildman–Crippen LogP) is 2.53. The van der Waals surface area contributed by atoms with E-state index in [1.165, 1.54) is 18.2 Å². The minimum Gasteiger partial charge on any atom is -0.398 e. The number of halogens is 2. The highest BCUT2D eigenvalue weighted by molar-refractivity contribution is 5.48. The molecule has 1 aromatic carbocycles. The summed E-state index contributed by atoms with van der Waals surface area (Å²) in [6.07, 6.45) is 3.14. The van der Waals surface area contributed by atoms with Crippen LogP contribution in [0.15, 0.2) is 36.7 Å². The number of pyridine rings is 1. The number of benzene rings is 1. The highest BCUT2D eigenvalue weighted by Crippen LogP contribution is 2.17. The van der Waals surface area contributed by atoms with E-state index < -0.39 is 5.82 Å². The van der Waals surface area contributed by atoms with Gasteiger partial charge in [0, 0.05) is 18.3 Å². The molecule has 16 heavy (non-hydrogen) atoms. The van der Waals surface area contributed by atoms with Gasteiger partial charge in [0.15, 0.2) is 0 Å². The van der Waals surface area contributed by atoms with Gasteiger partial charge in [-0.3, -0.25) is 4.98 Å². The molecule has 0 saturated carbocycles. The third-order valence-corrected chi connectivity index (χ3v) is 2.26. The first kappa shape index (κ1) is 10.5. The Morgan fingerprint density at radius 2 is 1.88 bits per heavy atom. The van der Waals surface area contributed by atoms with Crippen LogP contribution in [0.5, 0.6) is 0 Å². The Balaban J connectivity index is 2.27. The summed E-state index contributed by atoms with van der Waals surface area (Å²) in [6, 6.07) is 5.56. The van der Waals surface area contributed by atoms with E-state index in [4.69, 9.17) is 5.73 Å². The number of rotatable bonds is 2. The lowest BCUT2D eigenvalue weighted by molar-refractivity contribution is 0.619. The van der Waals surface area contributed by atoms with Gasteiger partial charge in [0.05, 0.1) is 6.20 Å². The molecule has 0 aliphatic heterocycles. The average Bonchev–Trinajstić information content (AvgIpc) is 2.22. The molecule has 1 aromatic heterocycles. The number of nitrogens with two attached hydrogens (primary N) is 1. The number of nitrogens with zero attached hydrogens (tertiary/aromatic N) is 1. The molecule has 0 spiro atoms. The lowest BCUT2D eigenvalue weighted by Crippen LogP contribution is -1.97. The first-order valence-corrected chi connectivity index (χ1v) is 4.78. The quantitative estimate of drug-likeness (QED) is 0.790.